The molecule has 1 aliphatic rings. The van der Waals surface area contributed by atoms with Crippen LogP contribution in [0.4, 0.5) is 13.2 Å². The van der Waals surface area contributed by atoms with Crippen molar-refractivity contribution < 1.29 is 27.2 Å². The fourth-order valence-electron chi connectivity index (χ4n) is 3.60. The Hall–Kier alpha value is -2.85. The van der Waals surface area contributed by atoms with Crippen LogP contribution >= 0.6 is 0 Å². The van der Waals surface area contributed by atoms with Crippen molar-refractivity contribution in [3.63, 3.8) is 0 Å². The van der Waals surface area contributed by atoms with Crippen LogP contribution in [0, 0.1) is 6.92 Å². The molecule has 0 radical (unpaired) electrons. The topological polar surface area (TPSA) is 62.6 Å². The fraction of sp³-hybridized carbons (Fsp3) is 0.364. The summed E-state index contributed by atoms with van der Waals surface area (Å²) in [5, 5.41) is 0.00897. The molecule has 2 heterocycles. The first-order chi connectivity index (χ1) is 14.8. The number of benzene rings is 2. The molecule has 1 fully saturated rings. The van der Waals surface area contributed by atoms with Gasteiger partial charge in [-0.3, -0.25) is 9.36 Å². The Kier molecular flexibility index (Phi) is 5.13. The summed E-state index contributed by atoms with van der Waals surface area (Å²) in [6.07, 6.45) is -3.51. The van der Waals surface area contributed by atoms with Gasteiger partial charge in [-0.15, -0.1) is 13.2 Å². The summed E-state index contributed by atoms with van der Waals surface area (Å²) >= 11 is 0. The Morgan fingerprint density at radius 3 is 2.34 bits per heavy atom. The van der Waals surface area contributed by atoms with E-state index in [1.54, 1.807) is 12.1 Å². The van der Waals surface area contributed by atoms with E-state index in [1.165, 1.54) is 17.0 Å². The molecule has 1 aliphatic heterocycles. The average Bonchev–Trinajstić information content (AvgIpc) is 2.89. The summed E-state index contributed by atoms with van der Waals surface area (Å²) in [5.41, 5.74) is 0.697. The second-order valence-electron chi connectivity index (χ2n) is 8.73. The van der Waals surface area contributed by atoms with Crippen molar-refractivity contribution in [3.8, 4) is 11.4 Å². The monoisotopic (exact) mass is 446 g/mol. The van der Waals surface area contributed by atoms with E-state index < -0.39 is 36.0 Å². The Labute approximate surface area is 183 Å². The van der Waals surface area contributed by atoms with E-state index in [0.29, 0.717) is 5.69 Å². The molecule has 1 aromatic heterocycles. The van der Waals surface area contributed by atoms with Gasteiger partial charge in [-0.1, -0.05) is 12.1 Å². The highest BCUT2D eigenvalue weighted by molar-refractivity contribution is 6.62. The molecule has 1 saturated heterocycles. The van der Waals surface area contributed by atoms with Crippen molar-refractivity contribution in [2.45, 2.75) is 52.2 Å². The summed E-state index contributed by atoms with van der Waals surface area (Å²) < 4.78 is 55.3. The maximum atomic E-state index is 13.2. The summed E-state index contributed by atoms with van der Waals surface area (Å²) in [4.78, 5) is 17.4. The lowest BCUT2D eigenvalue weighted by Gasteiger charge is -2.32. The predicted molar refractivity (Wildman–Crippen MR) is 114 cm³/mol. The maximum Gasteiger partial charge on any atom is 0.573 e. The molecule has 0 spiro atoms. The largest absolute Gasteiger partial charge is 0.573 e. The molecule has 4 rings (SSSR count). The number of fused-ring (bicyclic) bond motifs is 1. The number of ether oxygens (including phenoxy) is 1. The molecular weight excluding hydrogens is 424 g/mol. The molecule has 0 bridgehead atoms. The number of hydrogen-bond donors (Lipinski definition) is 0. The molecule has 0 atom stereocenters. The first-order valence-electron chi connectivity index (χ1n) is 10.0. The van der Waals surface area contributed by atoms with Gasteiger partial charge in [-0.2, -0.15) is 0 Å². The van der Waals surface area contributed by atoms with Gasteiger partial charge in [0.1, 0.15) is 12.1 Å². The molecule has 0 N–H and O–H groups in total. The number of rotatable bonds is 3. The summed E-state index contributed by atoms with van der Waals surface area (Å²) in [6, 6.07) is 8.84. The average molecular weight is 446 g/mol. The molecule has 32 heavy (non-hydrogen) atoms. The minimum absolute atomic E-state index is 0.00897. The summed E-state index contributed by atoms with van der Waals surface area (Å²) in [7, 11) is -0.629. The molecule has 10 heteroatoms. The molecule has 2 aromatic carbocycles. The van der Waals surface area contributed by atoms with Crippen molar-refractivity contribution in [2.24, 2.45) is 0 Å². The van der Waals surface area contributed by atoms with Crippen LogP contribution in [0.5, 0.6) is 5.75 Å². The third-order valence-corrected chi connectivity index (χ3v) is 6.08. The van der Waals surface area contributed by atoms with Crippen molar-refractivity contribution in [2.75, 3.05) is 0 Å². The highest BCUT2D eigenvalue weighted by atomic mass is 19.4. The minimum atomic E-state index is -4.86. The lowest BCUT2D eigenvalue weighted by Crippen LogP contribution is -2.41. The van der Waals surface area contributed by atoms with Crippen LogP contribution in [0.15, 0.2) is 47.5 Å². The normalized spacial score (nSPS) is 17.7. The predicted octanol–water partition coefficient (Wildman–Crippen LogP) is 3.89. The fourth-order valence-corrected chi connectivity index (χ4v) is 3.60. The molecule has 6 nitrogen and oxygen atoms in total. The van der Waals surface area contributed by atoms with Gasteiger partial charge in [-0.05, 0) is 69.9 Å². The van der Waals surface area contributed by atoms with Crippen LogP contribution in [-0.2, 0) is 9.31 Å². The first kappa shape index (κ1) is 22.4. The van der Waals surface area contributed by atoms with Crippen LogP contribution in [0.25, 0.3) is 16.6 Å². The van der Waals surface area contributed by atoms with Crippen molar-refractivity contribution in [3.05, 3.63) is 58.6 Å². The van der Waals surface area contributed by atoms with Gasteiger partial charge in [0.15, 0.2) is 0 Å². The second kappa shape index (κ2) is 7.35. The zero-order valence-electron chi connectivity index (χ0n) is 18.3. The highest BCUT2D eigenvalue weighted by Gasteiger charge is 2.52. The zero-order valence-corrected chi connectivity index (χ0v) is 18.3. The van der Waals surface area contributed by atoms with Gasteiger partial charge in [0.25, 0.3) is 5.56 Å². The Morgan fingerprint density at radius 2 is 1.72 bits per heavy atom. The molecule has 3 aromatic rings. The third-order valence-electron chi connectivity index (χ3n) is 6.08. The van der Waals surface area contributed by atoms with E-state index in [-0.39, 0.29) is 10.9 Å². The molecular formula is C22H22BF3N2O4. The zero-order chi connectivity index (χ0) is 23.5. The van der Waals surface area contributed by atoms with Crippen LogP contribution in [0.1, 0.15) is 33.3 Å². The van der Waals surface area contributed by atoms with Gasteiger partial charge in [0.05, 0.1) is 27.8 Å². The van der Waals surface area contributed by atoms with Crippen molar-refractivity contribution in [1.82, 2.24) is 9.55 Å². The lowest BCUT2D eigenvalue weighted by atomic mass is 9.76. The van der Waals surface area contributed by atoms with Crippen LogP contribution in [-0.4, -0.2) is 34.2 Å². The number of alkyl halides is 3. The Morgan fingerprint density at radius 1 is 1.06 bits per heavy atom. The summed E-state index contributed by atoms with van der Waals surface area (Å²) in [5.74, 6) is -0.482. The van der Waals surface area contributed by atoms with E-state index in [2.05, 4.69) is 9.72 Å². The quantitative estimate of drug-likeness (QED) is 0.572. The van der Waals surface area contributed by atoms with Crippen molar-refractivity contribution >= 4 is 23.5 Å². The van der Waals surface area contributed by atoms with Gasteiger partial charge in [-0.25, -0.2) is 4.98 Å². The number of halogens is 3. The van der Waals surface area contributed by atoms with Gasteiger partial charge in [0, 0.05) is 0 Å². The number of nitrogens with zero attached hydrogens (tertiary/aromatic N) is 2. The highest BCUT2D eigenvalue weighted by Crippen LogP contribution is 2.37. The van der Waals surface area contributed by atoms with Gasteiger partial charge >= 0.3 is 13.5 Å². The molecule has 0 amide bonds. The van der Waals surface area contributed by atoms with Crippen LogP contribution in [0.3, 0.4) is 0 Å². The standard InChI is InChI=1S/C22H22BF3N2O4/c1-13-16(23-31-20(2,3)21(4,5)32-23)7-6-8-18(13)28-12-27-17-10-9-14(30-22(24,25)26)11-15(17)19(28)29/h6-12H,1-5H3. The van der Waals surface area contributed by atoms with E-state index in [9.17, 15) is 18.0 Å². The van der Waals surface area contributed by atoms with E-state index in [0.717, 1.165) is 23.2 Å². The smallest absolute Gasteiger partial charge is 0.406 e. The lowest BCUT2D eigenvalue weighted by molar-refractivity contribution is -0.274. The second-order valence-corrected chi connectivity index (χ2v) is 8.73. The molecule has 0 unspecified atom stereocenters. The molecule has 0 saturated carbocycles. The van der Waals surface area contributed by atoms with Crippen LogP contribution < -0.4 is 15.8 Å². The first-order valence-corrected chi connectivity index (χ1v) is 10.0. The van der Waals surface area contributed by atoms with Crippen molar-refractivity contribution in [1.29, 1.82) is 0 Å². The molecule has 0 aliphatic carbocycles. The van der Waals surface area contributed by atoms with Gasteiger partial charge < -0.3 is 14.0 Å². The van der Waals surface area contributed by atoms with E-state index in [1.807, 2.05) is 40.7 Å². The number of aromatic nitrogens is 2. The third kappa shape index (κ3) is 3.88. The van der Waals surface area contributed by atoms with E-state index >= 15 is 0 Å². The SMILES string of the molecule is Cc1c(B2OC(C)(C)C(C)(C)O2)cccc1-n1cnc2ccc(OC(F)(F)F)cc2c1=O. The van der Waals surface area contributed by atoms with Crippen LogP contribution in [0.2, 0.25) is 0 Å². The van der Waals surface area contributed by atoms with E-state index in [4.69, 9.17) is 9.31 Å². The number of hydrogen-bond acceptors (Lipinski definition) is 5. The maximum absolute atomic E-state index is 13.2. The van der Waals surface area contributed by atoms with Gasteiger partial charge in [0.2, 0.25) is 0 Å². The molecule has 168 valence electrons. The summed E-state index contributed by atoms with van der Waals surface area (Å²) in [6.45, 7) is 9.62. The Balaban J connectivity index is 1.79. The Bertz CT molecular complexity index is 1240. The minimum Gasteiger partial charge on any atom is -0.406 e.